The van der Waals surface area contributed by atoms with Crippen LogP contribution in [0.5, 0.6) is 0 Å². The number of furan rings is 1. The van der Waals surface area contributed by atoms with E-state index in [-0.39, 0.29) is 5.76 Å². The second-order valence-corrected chi connectivity index (χ2v) is 4.01. The smallest absolute Gasteiger partial charge is 0.376 e. The first-order chi connectivity index (χ1) is 8.20. The number of benzene rings is 1. The molecule has 0 fully saturated rings. The molecular weight excluding hydrogens is 235 g/mol. The van der Waals surface area contributed by atoms with E-state index in [0.717, 1.165) is 5.76 Å². The van der Waals surface area contributed by atoms with Crippen LogP contribution >= 0.6 is 9.47 Å². The van der Waals surface area contributed by atoms with Crippen molar-refractivity contribution < 1.29 is 13.7 Å². The van der Waals surface area contributed by atoms with Gasteiger partial charge >= 0.3 is 5.97 Å². The van der Waals surface area contributed by atoms with Crippen LogP contribution in [-0.2, 0) is 10.9 Å². The molecule has 0 saturated heterocycles. The Morgan fingerprint density at radius 2 is 2.06 bits per heavy atom. The summed E-state index contributed by atoms with van der Waals surface area (Å²) in [5, 5.41) is 0. The van der Waals surface area contributed by atoms with Gasteiger partial charge in [-0.25, -0.2) is 4.79 Å². The fourth-order valence-corrected chi connectivity index (χ4v) is 1.75. The summed E-state index contributed by atoms with van der Waals surface area (Å²) in [5.74, 6) is 0.499. The van der Waals surface area contributed by atoms with Crippen molar-refractivity contribution in [3.05, 3.63) is 59.0 Å². The van der Waals surface area contributed by atoms with Crippen LogP contribution in [0.25, 0.3) is 0 Å². The lowest BCUT2D eigenvalue weighted by atomic mass is 10.1. The Morgan fingerprint density at radius 1 is 1.29 bits per heavy atom. The first-order valence-electron chi connectivity index (χ1n) is 5.25. The Balaban J connectivity index is 2.17. The van der Waals surface area contributed by atoms with E-state index < -0.39 is 5.97 Å². The van der Waals surface area contributed by atoms with Crippen molar-refractivity contribution in [2.24, 2.45) is 0 Å². The molecule has 4 heteroatoms. The second-order valence-electron chi connectivity index (χ2n) is 3.77. The minimum Gasteiger partial charge on any atom is -0.454 e. The molecule has 0 amide bonds. The van der Waals surface area contributed by atoms with Crippen molar-refractivity contribution in [3.63, 3.8) is 0 Å². The summed E-state index contributed by atoms with van der Waals surface area (Å²) in [4.78, 5) is 11.2. The van der Waals surface area contributed by atoms with Gasteiger partial charge in [0, 0.05) is 6.42 Å². The first-order valence-corrected chi connectivity index (χ1v) is 5.72. The third kappa shape index (κ3) is 2.75. The molecule has 88 valence electrons. The zero-order valence-electron chi connectivity index (χ0n) is 9.47. The predicted octanol–water partition coefficient (Wildman–Crippen LogP) is 3.13. The van der Waals surface area contributed by atoms with Gasteiger partial charge in [0.2, 0.25) is 5.76 Å². The van der Waals surface area contributed by atoms with E-state index in [4.69, 9.17) is 4.42 Å². The molecule has 1 aromatic heterocycles. The van der Waals surface area contributed by atoms with Gasteiger partial charge in [-0.1, -0.05) is 24.3 Å². The Kier molecular flexibility index (Phi) is 3.60. The zero-order valence-corrected chi connectivity index (χ0v) is 10.6. The fraction of sp³-hybridized carbons (Fsp3) is 0.154. The van der Waals surface area contributed by atoms with E-state index in [0.29, 0.717) is 6.42 Å². The highest BCUT2D eigenvalue weighted by Gasteiger charge is 2.11. The van der Waals surface area contributed by atoms with Crippen LogP contribution in [0.15, 0.2) is 40.8 Å². The largest absolute Gasteiger partial charge is 0.454 e. The zero-order chi connectivity index (χ0) is 12.3. The number of carbonyl (C=O) groups excluding carboxylic acids is 1. The number of hydrogen-bond acceptors (Lipinski definition) is 3. The molecule has 1 atom stereocenters. The van der Waals surface area contributed by atoms with E-state index in [2.05, 4.69) is 17.5 Å². The standard InChI is InChI=1S/C13H13O3P/c1-9-4-2-3-5-10(9)8-11-6-7-12(15-11)13(14)16-17/h2-7H,8,17H2,1H3. The predicted molar refractivity (Wildman–Crippen MR) is 67.8 cm³/mol. The van der Waals surface area contributed by atoms with Gasteiger partial charge in [-0.05, 0) is 30.2 Å². The summed E-state index contributed by atoms with van der Waals surface area (Å²) in [5.41, 5.74) is 2.40. The molecule has 0 aliphatic heterocycles. The SMILES string of the molecule is Cc1ccccc1Cc1ccc(C(=O)OP)o1. The maximum Gasteiger partial charge on any atom is 0.376 e. The lowest BCUT2D eigenvalue weighted by molar-refractivity contribution is 0.0731. The van der Waals surface area contributed by atoms with Gasteiger partial charge in [0.1, 0.15) is 5.76 Å². The normalized spacial score (nSPS) is 10.2. The molecule has 0 spiro atoms. The van der Waals surface area contributed by atoms with Gasteiger partial charge in [-0.2, -0.15) is 0 Å². The maximum atomic E-state index is 11.2. The molecule has 0 saturated carbocycles. The molecule has 0 radical (unpaired) electrons. The highest BCUT2D eigenvalue weighted by molar-refractivity contribution is 7.10. The molecule has 0 bridgehead atoms. The Hall–Kier alpha value is -1.60. The first kappa shape index (κ1) is 11.9. The molecule has 1 unspecified atom stereocenters. The van der Waals surface area contributed by atoms with Crippen molar-refractivity contribution in [1.82, 2.24) is 0 Å². The minimum atomic E-state index is -0.481. The van der Waals surface area contributed by atoms with Gasteiger partial charge < -0.3 is 8.94 Å². The number of carbonyl (C=O) groups is 1. The highest BCUT2D eigenvalue weighted by Crippen LogP contribution is 2.17. The summed E-state index contributed by atoms with van der Waals surface area (Å²) in [6.45, 7) is 2.05. The molecule has 1 heterocycles. The van der Waals surface area contributed by atoms with Gasteiger partial charge in [0.25, 0.3) is 0 Å². The average molecular weight is 248 g/mol. The Morgan fingerprint density at radius 3 is 2.76 bits per heavy atom. The molecular formula is C13H13O3P. The van der Waals surface area contributed by atoms with Gasteiger partial charge in [0.15, 0.2) is 0 Å². The minimum absolute atomic E-state index is 0.226. The van der Waals surface area contributed by atoms with E-state index in [1.807, 2.05) is 27.7 Å². The van der Waals surface area contributed by atoms with Crippen LogP contribution < -0.4 is 0 Å². The number of rotatable bonds is 3. The van der Waals surface area contributed by atoms with Crippen molar-refractivity contribution in [2.45, 2.75) is 13.3 Å². The van der Waals surface area contributed by atoms with E-state index in [9.17, 15) is 4.79 Å². The van der Waals surface area contributed by atoms with Crippen LogP contribution in [0.3, 0.4) is 0 Å². The molecule has 17 heavy (non-hydrogen) atoms. The Labute approximate surface area is 102 Å². The summed E-state index contributed by atoms with van der Waals surface area (Å²) < 4.78 is 9.91. The van der Waals surface area contributed by atoms with Gasteiger partial charge in [-0.15, -0.1) is 0 Å². The van der Waals surface area contributed by atoms with Crippen molar-refractivity contribution >= 4 is 15.4 Å². The quantitative estimate of drug-likeness (QED) is 0.783. The summed E-state index contributed by atoms with van der Waals surface area (Å²) in [7, 11) is 1.91. The molecule has 2 aromatic rings. The number of aryl methyl sites for hydroxylation is 1. The average Bonchev–Trinajstić information content (AvgIpc) is 2.80. The van der Waals surface area contributed by atoms with Crippen LogP contribution in [-0.4, -0.2) is 5.97 Å². The lowest BCUT2D eigenvalue weighted by Crippen LogP contribution is -1.94. The molecule has 1 aromatic carbocycles. The lowest BCUT2D eigenvalue weighted by Gasteiger charge is -2.02. The highest BCUT2D eigenvalue weighted by atomic mass is 31.0. The van der Waals surface area contributed by atoms with Gasteiger partial charge in [0.05, 0.1) is 9.47 Å². The van der Waals surface area contributed by atoms with Gasteiger partial charge in [-0.3, -0.25) is 0 Å². The second kappa shape index (κ2) is 5.15. The summed E-state index contributed by atoms with van der Waals surface area (Å²) in [6.07, 6.45) is 0.677. The van der Waals surface area contributed by atoms with Crippen molar-refractivity contribution in [3.8, 4) is 0 Å². The third-order valence-corrected chi connectivity index (χ3v) is 2.81. The molecule has 3 nitrogen and oxygen atoms in total. The van der Waals surface area contributed by atoms with E-state index >= 15 is 0 Å². The maximum absolute atomic E-state index is 11.2. The van der Waals surface area contributed by atoms with Crippen LogP contribution in [0, 0.1) is 6.92 Å². The topological polar surface area (TPSA) is 39.4 Å². The van der Waals surface area contributed by atoms with Crippen molar-refractivity contribution in [2.75, 3.05) is 0 Å². The number of hydrogen-bond donors (Lipinski definition) is 0. The molecule has 0 N–H and O–H groups in total. The summed E-state index contributed by atoms with van der Waals surface area (Å²) in [6, 6.07) is 11.5. The van der Waals surface area contributed by atoms with E-state index in [1.54, 1.807) is 12.1 Å². The Bertz CT molecular complexity index is 531. The van der Waals surface area contributed by atoms with E-state index in [1.165, 1.54) is 11.1 Å². The van der Waals surface area contributed by atoms with Crippen LogP contribution in [0.4, 0.5) is 0 Å². The molecule has 0 aliphatic rings. The monoisotopic (exact) mass is 248 g/mol. The van der Waals surface area contributed by atoms with Crippen molar-refractivity contribution in [1.29, 1.82) is 0 Å². The summed E-state index contributed by atoms with van der Waals surface area (Å²) >= 11 is 0. The third-order valence-electron chi connectivity index (χ3n) is 2.60. The molecule has 0 aliphatic carbocycles. The van der Waals surface area contributed by atoms with Crippen LogP contribution in [0.2, 0.25) is 0 Å². The fourth-order valence-electron chi connectivity index (χ4n) is 1.64. The van der Waals surface area contributed by atoms with Crippen LogP contribution in [0.1, 0.15) is 27.4 Å². The molecule has 2 rings (SSSR count).